The van der Waals surface area contributed by atoms with Crippen molar-refractivity contribution in [2.45, 2.75) is 18.8 Å². The molecule has 4 nitrogen and oxygen atoms in total. The first-order chi connectivity index (χ1) is 8.34. The second-order valence-electron chi connectivity index (χ2n) is 4.50. The van der Waals surface area contributed by atoms with Crippen molar-refractivity contribution in [1.29, 1.82) is 0 Å². The van der Waals surface area contributed by atoms with Crippen molar-refractivity contribution >= 4 is 5.69 Å². The number of nitrogens with one attached hydrogen (secondary N) is 1. The number of hydrogen-bond acceptors (Lipinski definition) is 3. The van der Waals surface area contributed by atoms with Gasteiger partial charge in [-0.05, 0) is 24.0 Å². The van der Waals surface area contributed by atoms with Gasteiger partial charge in [-0.2, -0.15) is 5.10 Å². The summed E-state index contributed by atoms with van der Waals surface area (Å²) in [5.74, 6) is 1.61. The molecule has 1 N–H and O–H groups in total. The van der Waals surface area contributed by atoms with Crippen LogP contribution in [0.15, 0.2) is 30.6 Å². The van der Waals surface area contributed by atoms with Crippen LogP contribution in [0.25, 0.3) is 0 Å². The van der Waals surface area contributed by atoms with Gasteiger partial charge in [0.15, 0.2) is 0 Å². The Labute approximate surface area is 101 Å². The van der Waals surface area contributed by atoms with E-state index in [1.54, 1.807) is 6.33 Å². The maximum absolute atomic E-state index is 4.31. The summed E-state index contributed by atoms with van der Waals surface area (Å²) in [6, 6.07) is 8.55. The van der Waals surface area contributed by atoms with Gasteiger partial charge in [0.1, 0.15) is 12.2 Å². The molecular weight excluding hydrogens is 212 g/mol. The van der Waals surface area contributed by atoms with E-state index in [0.29, 0.717) is 5.92 Å². The molecule has 0 saturated carbocycles. The lowest BCUT2D eigenvalue weighted by atomic mass is 9.88. The number of para-hydroxylation sites is 1. The summed E-state index contributed by atoms with van der Waals surface area (Å²) in [7, 11) is 1.95. The molecule has 2 aromatic rings. The standard InChI is InChI=1S/C13H16N4/c1-17-13(15-9-16-17)8-10-6-7-14-12-5-3-2-4-11(10)12/h2-5,9-10,14H,6-8H2,1H3. The molecule has 3 rings (SSSR count). The fourth-order valence-corrected chi connectivity index (χ4v) is 2.49. The van der Waals surface area contributed by atoms with Crippen LogP contribution >= 0.6 is 0 Å². The summed E-state index contributed by atoms with van der Waals surface area (Å²) in [5.41, 5.74) is 2.67. The Morgan fingerprint density at radius 1 is 1.41 bits per heavy atom. The fraction of sp³-hybridized carbons (Fsp3) is 0.385. The third kappa shape index (κ3) is 1.90. The molecule has 1 atom stereocenters. The number of rotatable bonds is 2. The maximum Gasteiger partial charge on any atom is 0.138 e. The van der Waals surface area contributed by atoms with Crippen LogP contribution < -0.4 is 5.32 Å². The SMILES string of the molecule is Cn1ncnc1CC1CCNc2ccccc21. The largest absolute Gasteiger partial charge is 0.385 e. The van der Waals surface area contributed by atoms with Gasteiger partial charge in [0.25, 0.3) is 0 Å². The highest BCUT2D eigenvalue weighted by molar-refractivity contribution is 5.54. The number of anilines is 1. The molecule has 2 heterocycles. The summed E-state index contributed by atoms with van der Waals surface area (Å²) in [4.78, 5) is 4.31. The lowest BCUT2D eigenvalue weighted by Crippen LogP contribution is -2.19. The van der Waals surface area contributed by atoms with Gasteiger partial charge in [0.05, 0.1) is 0 Å². The maximum atomic E-state index is 4.31. The van der Waals surface area contributed by atoms with Crippen molar-refractivity contribution in [2.24, 2.45) is 7.05 Å². The van der Waals surface area contributed by atoms with E-state index >= 15 is 0 Å². The minimum Gasteiger partial charge on any atom is -0.385 e. The summed E-state index contributed by atoms with van der Waals surface area (Å²) in [6.07, 6.45) is 3.75. The molecule has 0 saturated heterocycles. The number of hydrogen-bond donors (Lipinski definition) is 1. The molecule has 1 aromatic carbocycles. The van der Waals surface area contributed by atoms with E-state index in [9.17, 15) is 0 Å². The van der Waals surface area contributed by atoms with E-state index in [4.69, 9.17) is 0 Å². The lowest BCUT2D eigenvalue weighted by Gasteiger charge is -2.26. The zero-order valence-corrected chi connectivity index (χ0v) is 9.93. The van der Waals surface area contributed by atoms with Crippen molar-refractivity contribution in [3.05, 3.63) is 42.0 Å². The van der Waals surface area contributed by atoms with Crippen LogP contribution in [0.4, 0.5) is 5.69 Å². The first kappa shape index (κ1) is 10.3. The van der Waals surface area contributed by atoms with Crippen LogP contribution in [0.5, 0.6) is 0 Å². The van der Waals surface area contributed by atoms with Gasteiger partial charge in [-0.15, -0.1) is 0 Å². The number of aromatic nitrogens is 3. The van der Waals surface area contributed by atoms with Crippen molar-refractivity contribution in [3.63, 3.8) is 0 Å². The summed E-state index contributed by atoms with van der Waals surface area (Å²) in [5, 5.41) is 7.57. The molecular formula is C13H16N4. The highest BCUT2D eigenvalue weighted by Crippen LogP contribution is 2.33. The Morgan fingerprint density at radius 3 is 3.12 bits per heavy atom. The Bertz CT molecular complexity index is 518. The van der Waals surface area contributed by atoms with Crippen LogP contribution in [-0.2, 0) is 13.5 Å². The molecule has 1 aliphatic rings. The van der Waals surface area contributed by atoms with Gasteiger partial charge in [0.2, 0.25) is 0 Å². The molecule has 1 unspecified atom stereocenters. The van der Waals surface area contributed by atoms with Crippen LogP contribution in [0.1, 0.15) is 23.7 Å². The van der Waals surface area contributed by atoms with Crippen molar-refractivity contribution < 1.29 is 0 Å². The van der Waals surface area contributed by atoms with Gasteiger partial charge in [0, 0.05) is 25.7 Å². The van der Waals surface area contributed by atoms with E-state index in [0.717, 1.165) is 25.2 Å². The summed E-state index contributed by atoms with van der Waals surface area (Å²) >= 11 is 0. The molecule has 0 spiro atoms. The Kier molecular flexibility index (Phi) is 2.55. The first-order valence-corrected chi connectivity index (χ1v) is 6.00. The van der Waals surface area contributed by atoms with Gasteiger partial charge < -0.3 is 5.32 Å². The molecule has 0 bridgehead atoms. The highest BCUT2D eigenvalue weighted by Gasteiger charge is 2.21. The number of aryl methyl sites for hydroxylation is 1. The minimum absolute atomic E-state index is 0.551. The fourth-order valence-electron chi connectivity index (χ4n) is 2.49. The summed E-state index contributed by atoms with van der Waals surface area (Å²) in [6.45, 7) is 1.04. The Hall–Kier alpha value is -1.84. The van der Waals surface area contributed by atoms with Crippen molar-refractivity contribution in [1.82, 2.24) is 14.8 Å². The molecule has 0 fully saturated rings. The van der Waals surface area contributed by atoms with Crippen molar-refractivity contribution in [3.8, 4) is 0 Å². The van der Waals surface area contributed by atoms with E-state index < -0.39 is 0 Å². The van der Waals surface area contributed by atoms with Crippen LogP contribution in [0.3, 0.4) is 0 Å². The van der Waals surface area contributed by atoms with Crippen LogP contribution in [0.2, 0.25) is 0 Å². The van der Waals surface area contributed by atoms with E-state index in [1.165, 1.54) is 11.3 Å². The van der Waals surface area contributed by atoms with Gasteiger partial charge in [-0.25, -0.2) is 4.98 Å². The second-order valence-corrected chi connectivity index (χ2v) is 4.50. The third-order valence-electron chi connectivity index (χ3n) is 3.44. The van der Waals surface area contributed by atoms with Gasteiger partial charge >= 0.3 is 0 Å². The zero-order valence-electron chi connectivity index (χ0n) is 9.93. The van der Waals surface area contributed by atoms with E-state index in [1.807, 2.05) is 11.7 Å². The van der Waals surface area contributed by atoms with Crippen LogP contribution in [-0.4, -0.2) is 21.3 Å². The molecule has 1 aliphatic heterocycles. The Morgan fingerprint density at radius 2 is 2.29 bits per heavy atom. The monoisotopic (exact) mass is 228 g/mol. The molecule has 4 heteroatoms. The molecule has 0 amide bonds. The molecule has 88 valence electrons. The predicted molar refractivity (Wildman–Crippen MR) is 67.0 cm³/mol. The first-order valence-electron chi connectivity index (χ1n) is 6.00. The smallest absolute Gasteiger partial charge is 0.138 e. The minimum atomic E-state index is 0.551. The zero-order chi connectivity index (χ0) is 11.7. The molecule has 0 radical (unpaired) electrons. The average Bonchev–Trinajstić information content (AvgIpc) is 2.76. The Balaban J connectivity index is 1.88. The number of benzene rings is 1. The molecule has 1 aromatic heterocycles. The lowest BCUT2D eigenvalue weighted by molar-refractivity contribution is 0.578. The average molecular weight is 228 g/mol. The quantitative estimate of drug-likeness (QED) is 0.854. The summed E-state index contributed by atoms with van der Waals surface area (Å²) < 4.78 is 1.87. The van der Waals surface area contributed by atoms with Gasteiger partial charge in [-0.3, -0.25) is 4.68 Å². The highest BCUT2D eigenvalue weighted by atomic mass is 15.3. The topological polar surface area (TPSA) is 42.7 Å². The number of fused-ring (bicyclic) bond motifs is 1. The van der Waals surface area contributed by atoms with Crippen molar-refractivity contribution in [2.75, 3.05) is 11.9 Å². The van der Waals surface area contributed by atoms with E-state index in [2.05, 4.69) is 39.7 Å². The van der Waals surface area contributed by atoms with Crippen LogP contribution in [0, 0.1) is 0 Å². The van der Waals surface area contributed by atoms with E-state index in [-0.39, 0.29) is 0 Å². The predicted octanol–water partition coefficient (Wildman–Crippen LogP) is 1.96. The molecule has 0 aliphatic carbocycles. The second kappa shape index (κ2) is 4.20. The number of nitrogens with zero attached hydrogens (tertiary/aromatic N) is 3. The third-order valence-corrected chi connectivity index (χ3v) is 3.44. The molecule has 17 heavy (non-hydrogen) atoms. The van der Waals surface area contributed by atoms with Gasteiger partial charge in [-0.1, -0.05) is 18.2 Å². The normalized spacial score (nSPS) is 18.5.